The van der Waals surface area contributed by atoms with Crippen LogP contribution in [0.5, 0.6) is 0 Å². The fraction of sp³-hybridized carbons (Fsp3) is 0.476. The van der Waals surface area contributed by atoms with E-state index in [2.05, 4.69) is 24.3 Å². The number of rotatable bonds is 6. The molecule has 1 fully saturated rings. The van der Waals surface area contributed by atoms with Gasteiger partial charge in [0.25, 0.3) is 0 Å². The minimum atomic E-state index is -0.791. The number of methoxy groups -OCH3 is 1. The number of amides is 1. The molecule has 0 spiro atoms. The molecular formula is C21H27N3O3. The summed E-state index contributed by atoms with van der Waals surface area (Å²) < 4.78 is 6.82. The van der Waals surface area contributed by atoms with Gasteiger partial charge in [0.15, 0.2) is 6.04 Å². The summed E-state index contributed by atoms with van der Waals surface area (Å²) in [6.45, 7) is 8.07. The van der Waals surface area contributed by atoms with Gasteiger partial charge in [-0.05, 0) is 51.2 Å². The molecule has 3 unspecified atom stereocenters. The number of ether oxygens (including phenoxy) is 1. The van der Waals surface area contributed by atoms with Crippen molar-refractivity contribution in [2.45, 2.75) is 52.1 Å². The van der Waals surface area contributed by atoms with E-state index < -0.39 is 12.0 Å². The van der Waals surface area contributed by atoms with Gasteiger partial charge in [-0.1, -0.05) is 29.3 Å². The third-order valence-corrected chi connectivity index (χ3v) is 5.01. The lowest BCUT2D eigenvalue weighted by Gasteiger charge is -2.18. The van der Waals surface area contributed by atoms with Crippen molar-refractivity contribution >= 4 is 11.9 Å². The normalized spacial score (nSPS) is 19.6. The molecule has 1 aliphatic carbocycles. The minimum Gasteiger partial charge on any atom is -0.467 e. The van der Waals surface area contributed by atoms with Crippen LogP contribution in [0.1, 0.15) is 60.5 Å². The number of nitrogens with one attached hydrogen (secondary N) is 1. The van der Waals surface area contributed by atoms with Crippen molar-refractivity contribution in [3.8, 4) is 0 Å². The van der Waals surface area contributed by atoms with Crippen LogP contribution in [0.25, 0.3) is 0 Å². The predicted molar refractivity (Wildman–Crippen MR) is 102 cm³/mol. The first-order valence-electron chi connectivity index (χ1n) is 9.30. The molecule has 1 aliphatic rings. The summed E-state index contributed by atoms with van der Waals surface area (Å²) >= 11 is 0. The number of esters is 1. The second-order valence-corrected chi connectivity index (χ2v) is 7.68. The van der Waals surface area contributed by atoms with Crippen LogP contribution in [0, 0.1) is 19.8 Å². The molecule has 27 heavy (non-hydrogen) atoms. The van der Waals surface area contributed by atoms with Crippen LogP contribution in [-0.4, -0.2) is 28.8 Å². The van der Waals surface area contributed by atoms with Gasteiger partial charge >= 0.3 is 5.97 Å². The average Bonchev–Trinajstić information content (AvgIpc) is 3.25. The second-order valence-electron chi connectivity index (χ2n) is 7.68. The summed E-state index contributed by atoms with van der Waals surface area (Å²) in [6.07, 6.45) is 4.61. The molecule has 3 atom stereocenters. The van der Waals surface area contributed by atoms with E-state index >= 15 is 0 Å². The number of nitrogens with zero attached hydrogens (tertiary/aromatic N) is 2. The van der Waals surface area contributed by atoms with Gasteiger partial charge in [-0.25, -0.2) is 4.79 Å². The van der Waals surface area contributed by atoms with Gasteiger partial charge in [-0.15, -0.1) is 0 Å². The highest BCUT2D eigenvalue weighted by Crippen LogP contribution is 2.47. The van der Waals surface area contributed by atoms with Crippen molar-refractivity contribution in [3.63, 3.8) is 0 Å². The molecule has 1 aromatic heterocycles. The Labute approximate surface area is 159 Å². The fourth-order valence-corrected chi connectivity index (χ4v) is 3.50. The Hall–Kier alpha value is -2.63. The van der Waals surface area contributed by atoms with Crippen molar-refractivity contribution in [2.24, 2.45) is 5.92 Å². The van der Waals surface area contributed by atoms with E-state index in [1.807, 2.05) is 49.1 Å². The number of benzene rings is 1. The Morgan fingerprint density at radius 1 is 1.22 bits per heavy atom. The number of hydrogen-bond donors (Lipinski definition) is 1. The van der Waals surface area contributed by atoms with Crippen LogP contribution in [0.3, 0.4) is 0 Å². The molecule has 1 N–H and O–H groups in total. The van der Waals surface area contributed by atoms with Gasteiger partial charge in [-0.3, -0.25) is 9.48 Å². The van der Waals surface area contributed by atoms with E-state index in [4.69, 9.17) is 4.74 Å². The predicted octanol–water partition coefficient (Wildman–Crippen LogP) is 3.21. The van der Waals surface area contributed by atoms with Crippen LogP contribution in [0.15, 0.2) is 30.6 Å². The zero-order valence-electron chi connectivity index (χ0n) is 16.5. The quantitative estimate of drug-likeness (QED) is 0.794. The smallest absolute Gasteiger partial charge is 0.333 e. The largest absolute Gasteiger partial charge is 0.467 e. The number of hydrogen-bond acceptors (Lipinski definition) is 4. The number of aryl methyl sites for hydroxylation is 2. The van der Waals surface area contributed by atoms with Crippen LogP contribution >= 0.6 is 0 Å². The average molecular weight is 369 g/mol. The highest BCUT2D eigenvalue weighted by Gasteiger charge is 2.45. The molecule has 6 heteroatoms. The maximum absolute atomic E-state index is 12.8. The lowest BCUT2D eigenvalue weighted by molar-refractivity contribution is -0.145. The van der Waals surface area contributed by atoms with Crippen molar-refractivity contribution < 1.29 is 14.3 Å². The Kier molecular flexibility index (Phi) is 5.35. The van der Waals surface area contributed by atoms with E-state index in [0.717, 1.165) is 28.7 Å². The Morgan fingerprint density at radius 2 is 1.89 bits per heavy atom. The molecule has 1 saturated carbocycles. The molecular weight excluding hydrogens is 342 g/mol. The molecule has 1 heterocycles. The van der Waals surface area contributed by atoms with Crippen LogP contribution < -0.4 is 5.32 Å². The molecule has 1 amide bonds. The molecule has 2 aromatic rings. The lowest BCUT2D eigenvalue weighted by atomic mass is 10.0. The van der Waals surface area contributed by atoms with Gasteiger partial charge in [0, 0.05) is 18.2 Å². The number of carbonyl (C=O) groups is 2. The molecule has 144 valence electrons. The van der Waals surface area contributed by atoms with Crippen LogP contribution in [-0.2, 0) is 14.3 Å². The first-order chi connectivity index (χ1) is 12.8. The maximum Gasteiger partial charge on any atom is 0.333 e. The van der Waals surface area contributed by atoms with Crippen molar-refractivity contribution in [1.29, 1.82) is 0 Å². The third kappa shape index (κ3) is 4.21. The minimum absolute atomic E-state index is 0.119. The molecule has 0 radical (unpaired) electrons. The zero-order valence-corrected chi connectivity index (χ0v) is 16.5. The molecule has 6 nitrogen and oxygen atoms in total. The Balaban J connectivity index is 1.73. The summed E-state index contributed by atoms with van der Waals surface area (Å²) in [5.41, 5.74) is 3.90. The molecule has 0 aliphatic heterocycles. The zero-order chi connectivity index (χ0) is 19.7. The van der Waals surface area contributed by atoms with E-state index in [1.165, 1.54) is 7.11 Å². The van der Waals surface area contributed by atoms with Gasteiger partial charge in [0.2, 0.25) is 5.91 Å². The van der Waals surface area contributed by atoms with Gasteiger partial charge < -0.3 is 10.1 Å². The summed E-state index contributed by atoms with van der Waals surface area (Å²) in [5, 5.41) is 7.24. The standard InChI is InChI=1S/C21H27N3O3/c1-12(2)24-11-16(10-22-24)17-9-18(17)20(25)23-19(21(26)27-5)15-7-13(3)6-14(4)8-15/h6-8,10-12,17-19H,9H2,1-5H3,(H,23,25). The highest BCUT2D eigenvalue weighted by molar-refractivity contribution is 5.88. The Bertz CT molecular complexity index is 836. The van der Waals surface area contributed by atoms with Crippen molar-refractivity contribution in [3.05, 3.63) is 52.8 Å². The second kappa shape index (κ2) is 7.55. The Morgan fingerprint density at radius 3 is 2.44 bits per heavy atom. The monoisotopic (exact) mass is 369 g/mol. The topological polar surface area (TPSA) is 73.2 Å². The third-order valence-electron chi connectivity index (χ3n) is 5.01. The fourth-order valence-electron chi connectivity index (χ4n) is 3.50. The van der Waals surface area contributed by atoms with Crippen LogP contribution in [0.4, 0.5) is 0 Å². The lowest BCUT2D eigenvalue weighted by Crippen LogP contribution is -2.35. The summed E-state index contributed by atoms with van der Waals surface area (Å²) in [4.78, 5) is 25.1. The molecule has 3 rings (SSSR count). The number of aromatic nitrogens is 2. The molecule has 0 bridgehead atoms. The summed E-state index contributed by atoms with van der Waals surface area (Å²) in [5.74, 6) is -0.548. The van der Waals surface area contributed by atoms with Gasteiger partial charge in [-0.2, -0.15) is 5.10 Å². The maximum atomic E-state index is 12.8. The summed E-state index contributed by atoms with van der Waals surface area (Å²) in [7, 11) is 1.34. The summed E-state index contributed by atoms with van der Waals surface area (Å²) in [6, 6.07) is 5.35. The van der Waals surface area contributed by atoms with E-state index in [0.29, 0.717) is 0 Å². The first-order valence-corrected chi connectivity index (χ1v) is 9.30. The first kappa shape index (κ1) is 19.1. The van der Waals surface area contributed by atoms with E-state index in [1.54, 1.807) is 0 Å². The van der Waals surface area contributed by atoms with Gasteiger partial charge in [0.1, 0.15) is 0 Å². The van der Waals surface area contributed by atoms with Crippen molar-refractivity contribution in [1.82, 2.24) is 15.1 Å². The number of carbonyl (C=O) groups excluding carboxylic acids is 2. The SMILES string of the molecule is COC(=O)C(NC(=O)C1CC1c1cnn(C(C)C)c1)c1cc(C)cc(C)c1. The molecule has 0 saturated heterocycles. The van der Waals surface area contributed by atoms with Gasteiger partial charge in [0.05, 0.1) is 13.3 Å². The van der Waals surface area contributed by atoms with Crippen molar-refractivity contribution in [2.75, 3.05) is 7.11 Å². The van der Waals surface area contributed by atoms with E-state index in [9.17, 15) is 9.59 Å². The highest BCUT2D eigenvalue weighted by atomic mass is 16.5. The molecule has 1 aromatic carbocycles. The van der Waals surface area contributed by atoms with Crippen LogP contribution in [0.2, 0.25) is 0 Å². The van der Waals surface area contributed by atoms with E-state index in [-0.39, 0.29) is 23.8 Å².